The van der Waals surface area contributed by atoms with Crippen molar-refractivity contribution in [2.45, 2.75) is 51.6 Å². The van der Waals surface area contributed by atoms with Crippen LogP contribution in [0.3, 0.4) is 0 Å². The average Bonchev–Trinajstić information content (AvgIpc) is 2.47. The van der Waals surface area contributed by atoms with Crippen molar-refractivity contribution < 1.29 is 5.11 Å². The molecule has 0 radical (unpaired) electrons. The van der Waals surface area contributed by atoms with E-state index >= 15 is 0 Å². The maximum atomic E-state index is 8.99. The Labute approximate surface area is 75.4 Å². The molecule has 2 nitrogen and oxygen atoms in total. The third kappa shape index (κ3) is 2.76. The second-order valence-electron chi connectivity index (χ2n) is 4.07. The highest BCUT2D eigenvalue weighted by molar-refractivity contribution is 4.81. The zero-order valence-corrected chi connectivity index (χ0v) is 8.21. The Balaban J connectivity index is 2.21. The van der Waals surface area contributed by atoms with E-state index < -0.39 is 0 Å². The van der Waals surface area contributed by atoms with Gasteiger partial charge in [-0.25, -0.2) is 0 Å². The Morgan fingerprint density at radius 1 is 1.50 bits per heavy atom. The van der Waals surface area contributed by atoms with Crippen LogP contribution in [0, 0.1) is 5.92 Å². The quantitative estimate of drug-likeness (QED) is 0.672. The molecule has 12 heavy (non-hydrogen) atoms. The van der Waals surface area contributed by atoms with Crippen molar-refractivity contribution in [2.75, 3.05) is 6.61 Å². The van der Waals surface area contributed by atoms with E-state index in [1.54, 1.807) is 0 Å². The number of nitrogens with one attached hydrogen (secondary N) is 1. The topological polar surface area (TPSA) is 32.3 Å². The minimum Gasteiger partial charge on any atom is -0.395 e. The summed E-state index contributed by atoms with van der Waals surface area (Å²) in [5.74, 6) is 0.874. The van der Waals surface area contributed by atoms with Crippen LogP contribution >= 0.6 is 0 Å². The first-order chi connectivity index (χ1) is 5.76. The summed E-state index contributed by atoms with van der Waals surface area (Å²) in [5, 5.41) is 12.5. The average molecular weight is 171 g/mol. The van der Waals surface area contributed by atoms with Gasteiger partial charge in [0.2, 0.25) is 0 Å². The highest BCUT2D eigenvalue weighted by Crippen LogP contribution is 2.24. The lowest BCUT2D eigenvalue weighted by atomic mass is 10.1. The summed E-state index contributed by atoms with van der Waals surface area (Å²) in [6.45, 7) is 4.70. The van der Waals surface area contributed by atoms with E-state index in [4.69, 9.17) is 5.11 Å². The summed E-state index contributed by atoms with van der Waals surface area (Å²) in [7, 11) is 0. The molecule has 0 heterocycles. The van der Waals surface area contributed by atoms with Crippen LogP contribution in [-0.4, -0.2) is 23.8 Å². The highest BCUT2D eigenvalue weighted by Gasteiger charge is 2.22. The monoisotopic (exact) mass is 171 g/mol. The fourth-order valence-electron chi connectivity index (χ4n) is 1.99. The number of rotatable bonds is 4. The van der Waals surface area contributed by atoms with Gasteiger partial charge in [0.05, 0.1) is 6.61 Å². The van der Waals surface area contributed by atoms with E-state index in [2.05, 4.69) is 19.2 Å². The van der Waals surface area contributed by atoms with Crippen LogP contribution in [0.4, 0.5) is 0 Å². The van der Waals surface area contributed by atoms with E-state index in [0.717, 1.165) is 12.3 Å². The smallest absolute Gasteiger partial charge is 0.0584 e. The van der Waals surface area contributed by atoms with Gasteiger partial charge in [-0.2, -0.15) is 0 Å². The Kier molecular flexibility index (Phi) is 4.02. The van der Waals surface area contributed by atoms with Crippen LogP contribution in [0.25, 0.3) is 0 Å². The lowest BCUT2D eigenvalue weighted by Crippen LogP contribution is -2.38. The van der Waals surface area contributed by atoms with Crippen LogP contribution < -0.4 is 5.32 Å². The molecule has 0 bridgehead atoms. The fourth-order valence-corrected chi connectivity index (χ4v) is 1.99. The van der Waals surface area contributed by atoms with Gasteiger partial charge in [0.1, 0.15) is 0 Å². The Morgan fingerprint density at radius 3 is 2.67 bits per heavy atom. The number of aliphatic hydroxyl groups is 1. The Hall–Kier alpha value is -0.0800. The number of hydrogen-bond donors (Lipinski definition) is 2. The first-order valence-corrected chi connectivity index (χ1v) is 5.13. The van der Waals surface area contributed by atoms with Gasteiger partial charge in [0, 0.05) is 12.1 Å². The molecule has 0 aromatic rings. The molecule has 0 aliphatic heterocycles. The van der Waals surface area contributed by atoms with Gasteiger partial charge < -0.3 is 10.4 Å². The molecular weight excluding hydrogens is 150 g/mol. The molecule has 1 aliphatic rings. The molecule has 1 rings (SSSR count). The van der Waals surface area contributed by atoms with Gasteiger partial charge in [-0.1, -0.05) is 13.8 Å². The van der Waals surface area contributed by atoms with Gasteiger partial charge in [-0.3, -0.25) is 0 Å². The van der Waals surface area contributed by atoms with Gasteiger partial charge in [-0.05, 0) is 31.6 Å². The third-order valence-corrected chi connectivity index (χ3v) is 2.88. The summed E-state index contributed by atoms with van der Waals surface area (Å²) in [6.07, 6.45) is 4.95. The first-order valence-electron chi connectivity index (χ1n) is 5.13. The van der Waals surface area contributed by atoms with Crippen LogP contribution in [0.2, 0.25) is 0 Å². The van der Waals surface area contributed by atoms with Crippen molar-refractivity contribution in [3.8, 4) is 0 Å². The molecule has 1 aliphatic carbocycles. The summed E-state index contributed by atoms with van der Waals surface area (Å²) >= 11 is 0. The second-order valence-corrected chi connectivity index (χ2v) is 4.07. The molecule has 1 saturated carbocycles. The second kappa shape index (κ2) is 4.83. The van der Waals surface area contributed by atoms with Crippen LogP contribution in [0.5, 0.6) is 0 Å². The lowest BCUT2D eigenvalue weighted by Gasteiger charge is -2.19. The zero-order chi connectivity index (χ0) is 8.97. The molecule has 2 N–H and O–H groups in total. The van der Waals surface area contributed by atoms with Gasteiger partial charge in [0.15, 0.2) is 0 Å². The fraction of sp³-hybridized carbons (Fsp3) is 1.00. The maximum Gasteiger partial charge on any atom is 0.0584 e. The zero-order valence-electron chi connectivity index (χ0n) is 8.21. The molecule has 0 aromatic carbocycles. The third-order valence-electron chi connectivity index (χ3n) is 2.88. The highest BCUT2D eigenvalue weighted by atomic mass is 16.3. The van der Waals surface area contributed by atoms with Crippen molar-refractivity contribution in [3.63, 3.8) is 0 Å². The van der Waals surface area contributed by atoms with Crippen molar-refractivity contribution >= 4 is 0 Å². The SMILES string of the molecule is CC[C@@H](CO)NC1CCC(C)C1. The van der Waals surface area contributed by atoms with Gasteiger partial charge in [0.25, 0.3) is 0 Å². The molecule has 0 spiro atoms. The van der Waals surface area contributed by atoms with Crippen LogP contribution in [0.1, 0.15) is 39.5 Å². The van der Waals surface area contributed by atoms with Gasteiger partial charge >= 0.3 is 0 Å². The minimum absolute atomic E-state index is 0.279. The van der Waals surface area contributed by atoms with E-state index in [0.29, 0.717) is 12.1 Å². The van der Waals surface area contributed by atoms with Crippen molar-refractivity contribution in [1.82, 2.24) is 5.32 Å². The molecule has 2 heteroatoms. The van der Waals surface area contributed by atoms with Crippen molar-refractivity contribution in [2.24, 2.45) is 5.92 Å². The summed E-state index contributed by atoms with van der Waals surface area (Å²) in [4.78, 5) is 0. The normalized spacial score (nSPS) is 32.2. The van der Waals surface area contributed by atoms with Crippen LogP contribution in [0.15, 0.2) is 0 Å². The summed E-state index contributed by atoms with van der Waals surface area (Å²) in [6, 6.07) is 0.984. The van der Waals surface area contributed by atoms with E-state index in [1.165, 1.54) is 19.3 Å². The van der Waals surface area contributed by atoms with Gasteiger partial charge in [-0.15, -0.1) is 0 Å². The van der Waals surface area contributed by atoms with E-state index in [9.17, 15) is 0 Å². The van der Waals surface area contributed by atoms with E-state index in [1.807, 2.05) is 0 Å². The minimum atomic E-state index is 0.279. The van der Waals surface area contributed by atoms with E-state index in [-0.39, 0.29) is 6.61 Å². The molecule has 1 fully saturated rings. The molecule has 0 amide bonds. The standard InChI is InChI=1S/C10H21NO/c1-3-9(7-12)11-10-5-4-8(2)6-10/h8-12H,3-7H2,1-2H3/t8?,9-,10?/m0/s1. The number of hydrogen-bond acceptors (Lipinski definition) is 2. The Bertz CT molecular complexity index is 123. The molecule has 2 unspecified atom stereocenters. The summed E-state index contributed by atoms with van der Waals surface area (Å²) in [5.41, 5.74) is 0. The largest absolute Gasteiger partial charge is 0.395 e. The predicted molar refractivity (Wildman–Crippen MR) is 51.1 cm³/mol. The van der Waals surface area contributed by atoms with Crippen molar-refractivity contribution in [1.29, 1.82) is 0 Å². The molecule has 0 aromatic heterocycles. The van der Waals surface area contributed by atoms with Crippen LogP contribution in [-0.2, 0) is 0 Å². The molecule has 0 saturated heterocycles. The predicted octanol–water partition coefficient (Wildman–Crippen LogP) is 1.54. The van der Waals surface area contributed by atoms with Crippen molar-refractivity contribution in [3.05, 3.63) is 0 Å². The molecule has 3 atom stereocenters. The first kappa shape index (κ1) is 10.0. The molecular formula is C10H21NO. The number of aliphatic hydroxyl groups excluding tert-OH is 1. The summed E-state index contributed by atoms with van der Waals surface area (Å²) < 4.78 is 0. The Morgan fingerprint density at radius 2 is 2.25 bits per heavy atom. The molecule has 72 valence electrons. The lowest BCUT2D eigenvalue weighted by molar-refractivity contribution is 0.227. The maximum absolute atomic E-state index is 8.99.